The van der Waals surface area contributed by atoms with Crippen molar-refractivity contribution >= 4 is 5.91 Å². The molecule has 0 aliphatic carbocycles. The average Bonchev–Trinajstić information content (AvgIpc) is 2.25. The number of aliphatic hydroxyl groups excluding tert-OH is 1. The molecule has 0 aromatic rings. The van der Waals surface area contributed by atoms with Crippen LogP contribution in [0.2, 0.25) is 0 Å². The van der Waals surface area contributed by atoms with Crippen LogP contribution >= 0.6 is 0 Å². The van der Waals surface area contributed by atoms with Crippen molar-refractivity contribution in [1.29, 1.82) is 0 Å². The van der Waals surface area contributed by atoms with Crippen molar-refractivity contribution in [3.63, 3.8) is 0 Å². The summed E-state index contributed by atoms with van der Waals surface area (Å²) >= 11 is 0. The SMILES string of the molecule is C=C.CC(C)N(C)C(=O)CCCCCO. The predicted octanol–water partition coefficient (Wildman–Crippen LogP) is 2.21. The van der Waals surface area contributed by atoms with Crippen molar-refractivity contribution < 1.29 is 9.90 Å². The van der Waals surface area contributed by atoms with E-state index < -0.39 is 0 Å². The van der Waals surface area contributed by atoms with Gasteiger partial charge in [0.15, 0.2) is 0 Å². The lowest BCUT2D eigenvalue weighted by molar-refractivity contribution is -0.131. The second-order valence-electron chi connectivity index (χ2n) is 3.63. The number of rotatable bonds is 6. The van der Waals surface area contributed by atoms with Crippen LogP contribution in [0, 0.1) is 0 Å². The summed E-state index contributed by atoms with van der Waals surface area (Å²) < 4.78 is 0. The van der Waals surface area contributed by atoms with Gasteiger partial charge in [-0.15, -0.1) is 13.2 Å². The van der Waals surface area contributed by atoms with Crippen LogP contribution in [0.15, 0.2) is 13.2 Å². The van der Waals surface area contributed by atoms with Crippen LogP contribution < -0.4 is 0 Å². The third-order valence-corrected chi connectivity index (χ3v) is 2.22. The summed E-state index contributed by atoms with van der Waals surface area (Å²) in [5, 5.41) is 8.53. The Hall–Kier alpha value is -0.830. The lowest BCUT2D eigenvalue weighted by Gasteiger charge is -2.21. The molecule has 0 aromatic carbocycles. The van der Waals surface area contributed by atoms with Gasteiger partial charge < -0.3 is 10.0 Å². The number of unbranched alkanes of at least 4 members (excludes halogenated alkanes) is 2. The second-order valence-corrected chi connectivity index (χ2v) is 3.63. The zero-order valence-electron chi connectivity index (χ0n) is 10.3. The Labute approximate surface area is 93.8 Å². The number of amides is 1. The van der Waals surface area contributed by atoms with E-state index in [1.807, 2.05) is 20.9 Å². The van der Waals surface area contributed by atoms with Gasteiger partial charge >= 0.3 is 0 Å². The molecule has 0 heterocycles. The molecule has 1 amide bonds. The number of hydrogen-bond donors (Lipinski definition) is 1. The molecule has 0 aromatic heterocycles. The molecular weight excluding hydrogens is 190 g/mol. The molecule has 0 bridgehead atoms. The van der Waals surface area contributed by atoms with Gasteiger partial charge in [0.1, 0.15) is 0 Å². The van der Waals surface area contributed by atoms with Crippen molar-refractivity contribution in [2.75, 3.05) is 13.7 Å². The lowest BCUT2D eigenvalue weighted by atomic mass is 10.2. The minimum atomic E-state index is 0.202. The number of hydrogen-bond acceptors (Lipinski definition) is 2. The summed E-state index contributed by atoms with van der Waals surface area (Å²) in [6.07, 6.45) is 3.23. The van der Waals surface area contributed by atoms with Crippen LogP contribution in [-0.4, -0.2) is 35.6 Å². The first kappa shape index (κ1) is 16.6. The Morgan fingerprint density at radius 1 is 1.27 bits per heavy atom. The fraction of sp³-hybridized carbons (Fsp3) is 0.750. The molecule has 3 heteroatoms. The van der Waals surface area contributed by atoms with E-state index in [1.54, 1.807) is 4.90 Å². The van der Waals surface area contributed by atoms with E-state index in [9.17, 15) is 4.79 Å². The maximum Gasteiger partial charge on any atom is 0.222 e. The van der Waals surface area contributed by atoms with Gasteiger partial charge in [0.2, 0.25) is 5.91 Å². The Bertz CT molecular complexity index is 158. The largest absolute Gasteiger partial charge is 0.396 e. The molecule has 0 fully saturated rings. The summed E-state index contributed by atoms with van der Waals surface area (Å²) in [5.41, 5.74) is 0. The van der Waals surface area contributed by atoms with E-state index in [-0.39, 0.29) is 18.6 Å². The molecule has 1 N–H and O–H groups in total. The first-order valence-corrected chi connectivity index (χ1v) is 5.46. The predicted molar refractivity (Wildman–Crippen MR) is 64.7 cm³/mol. The van der Waals surface area contributed by atoms with E-state index >= 15 is 0 Å². The van der Waals surface area contributed by atoms with E-state index in [2.05, 4.69) is 13.2 Å². The highest BCUT2D eigenvalue weighted by molar-refractivity contribution is 5.76. The molecule has 0 unspecified atom stereocenters. The highest BCUT2D eigenvalue weighted by Crippen LogP contribution is 2.04. The highest BCUT2D eigenvalue weighted by atomic mass is 16.2. The van der Waals surface area contributed by atoms with Crippen LogP contribution in [-0.2, 0) is 4.79 Å². The van der Waals surface area contributed by atoms with Crippen LogP contribution in [0.1, 0.15) is 39.5 Å². The highest BCUT2D eigenvalue weighted by Gasteiger charge is 2.10. The van der Waals surface area contributed by atoms with Crippen molar-refractivity contribution in [2.45, 2.75) is 45.6 Å². The molecular formula is C12H25NO2. The molecule has 0 atom stereocenters. The summed E-state index contributed by atoms with van der Waals surface area (Å²) in [6.45, 7) is 10.2. The van der Waals surface area contributed by atoms with Crippen LogP contribution in [0.5, 0.6) is 0 Å². The normalized spacial score (nSPS) is 9.40. The minimum absolute atomic E-state index is 0.202. The number of nitrogens with zero attached hydrogens (tertiary/aromatic N) is 1. The van der Waals surface area contributed by atoms with Gasteiger partial charge in [0, 0.05) is 26.1 Å². The fourth-order valence-electron chi connectivity index (χ4n) is 1.03. The van der Waals surface area contributed by atoms with Gasteiger partial charge in [-0.3, -0.25) is 4.79 Å². The summed E-state index contributed by atoms with van der Waals surface area (Å²) in [6, 6.07) is 0.283. The molecule has 15 heavy (non-hydrogen) atoms. The van der Waals surface area contributed by atoms with Gasteiger partial charge in [-0.2, -0.15) is 0 Å². The Kier molecular flexibility index (Phi) is 12.4. The fourth-order valence-corrected chi connectivity index (χ4v) is 1.03. The zero-order chi connectivity index (χ0) is 12.3. The molecule has 0 rings (SSSR count). The summed E-state index contributed by atoms with van der Waals surface area (Å²) in [4.78, 5) is 13.2. The summed E-state index contributed by atoms with van der Waals surface area (Å²) in [5.74, 6) is 0.202. The number of carbonyl (C=O) groups is 1. The standard InChI is InChI=1S/C10H21NO2.C2H4/c1-9(2)11(3)10(13)7-5-4-6-8-12;1-2/h9,12H,4-8H2,1-3H3;1-2H2. The molecule has 0 radical (unpaired) electrons. The molecule has 3 nitrogen and oxygen atoms in total. The van der Waals surface area contributed by atoms with Crippen LogP contribution in [0.3, 0.4) is 0 Å². The van der Waals surface area contributed by atoms with Crippen molar-refractivity contribution in [2.24, 2.45) is 0 Å². The van der Waals surface area contributed by atoms with E-state index in [0.717, 1.165) is 19.3 Å². The van der Waals surface area contributed by atoms with Crippen molar-refractivity contribution in [3.8, 4) is 0 Å². The number of aliphatic hydroxyl groups is 1. The molecule has 0 saturated carbocycles. The lowest BCUT2D eigenvalue weighted by Crippen LogP contribution is -2.32. The van der Waals surface area contributed by atoms with Crippen LogP contribution in [0.4, 0.5) is 0 Å². The van der Waals surface area contributed by atoms with Gasteiger partial charge in [0.25, 0.3) is 0 Å². The van der Waals surface area contributed by atoms with Gasteiger partial charge in [-0.25, -0.2) is 0 Å². The average molecular weight is 215 g/mol. The third kappa shape index (κ3) is 9.47. The Morgan fingerprint density at radius 3 is 2.20 bits per heavy atom. The van der Waals surface area contributed by atoms with Gasteiger partial charge in [0.05, 0.1) is 0 Å². The Balaban J connectivity index is 0. The molecule has 0 aliphatic heterocycles. The zero-order valence-corrected chi connectivity index (χ0v) is 10.3. The molecule has 0 spiro atoms. The quantitative estimate of drug-likeness (QED) is 0.545. The second kappa shape index (κ2) is 11.2. The summed E-state index contributed by atoms with van der Waals surface area (Å²) in [7, 11) is 1.83. The number of carbonyl (C=O) groups excluding carboxylic acids is 1. The third-order valence-electron chi connectivity index (χ3n) is 2.22. The molecule has 90 valence electrons. The maximum atomic E-state index is 11.4. The molecule has 0 saturated heterocycles. The minimum Gasteiger partial charge on any atom is -0.396 e. The molecule has 0 aliphatic rings. The van der Waals surface area contributed by atoms with E-state index in [1.165, 1.54) is 0 Å². The first-order chi connectivity index (χ1) is 7.09. The maximum absolute atomic E-state index is 11.4. The van der Waals surface area contributed by atoms with Crippen molar-refractivity contribution in [1.82, 2.24) is 4.90 Å². The first-order valence-electron chi connectivity index (χ1n) is 5.46. The van der Waals surface area contributed by atoms with E-state index in [0.29, 0.717) is 6.42 Å². The smallest absolute Gasteiger partial charge is 0.222 e. The Morgan fingerprint density at radius 2 is 1.80 bits per heavy atom. The van der Waals surface area contributed by atoms with Gasteiger partial charge in [-0.1, -0.05) is 6.42 Å². The monoisotopic (exact) mass is 215 g/mol. The van der Waals surface area contributed by atoms with Crippen molar-refractivity contribution in [3.05, 3.63) is 13.2 Å². The van der Waals surface area contributed by atoms with E-state index in [4.69, 9.17) is 5.11 Å². The van der Waals surface area contributed by atoms with Gasteiger partial charge in [-0.05, 0) is 26.7 Å². The van der Waals surface area contributed by atoms with Crippen LogP contribution in [0.25, 0.3) is 0 Å². The topological polar surface area (TPSA) is 40.5 Å².